The molecule has 2 N–H and O–H groups in total. The molecular weight excluding hydrogens is 358 g/mol. The first-order valence-corrected chi connectivity index (χ1v) is 9.86. The number of fused-ring (bicyclic) bond motifs is 1. The van der Waals surface area contributed by atoms with Gasteiger partial charge < -0.3 is 29.3 Å². The van der Waals surface area contributed by atoms with E-state index in [9.17, 15) is 0 Å². The summed E-state index contributed by atoms with van der Waals surface area (Å²) in [6.07, 6.45) is 1.74. The third-order valence-corrected chi connectivity index (χ3v) is 5.25. The van der Waals surface area contributed by atoms with Crippen molar-refractivity contribution in [1.82, 2.24) is 10.6 Å². The predicted molar refractivity (Wildman–Crippen MR) is 110 cm³/mol. The highest BCUT2D eigenvalue weighted by atomic mass is 16.5. The average Bonchev–Trinajstić information content (AvgIpc) is 3.17. The molecule has 1 aliphatic heterocycles. The first-order chi connectivity index (χ1) is 13.6. The normalized spacial score (nSPS) is 18.1. The van der Waals surface area contributed by atoms with Gasteiger partial charge in [-0.1, -0.05) is 12.1 Å². The maximum atomic E-state index is 6.08. The molecule has 1 atom stereocenters. The molecular formula is C21H31N3O4. The van der Waals surface area contributed by atoms with Crippen molar-refractivity contribution < 1.29 is 18.6 Å². The van der Waals surface area contributed by atoms with E-state index < -0.39 is 0 Å². The number of ether oxygens (including phenoxy) is 3. The van der Waals surface area contributed by atoms with Gasteiger partial charge in [-0.15, -0.1) is 0 Å². The fourth-order valence-electron chi connectivity index (χ4n) is 3.45. The van der Waals surface area contributed by atoms with E-state index in [4.69, 9.17) is 18.6 Å². The van der Waals surface area contributed by atoms with Crippen molar-refractivity contribution >= 4 is 16.9 Å². The first-order valence-electron chi connectivity index (χ1n) is 9.86. The molecule has 1 fully saturated rings. The summed E-state index contributed by atoms with van der Waals surface area (Å²) in [5.41, 5.74) is 0.557. The van der Waals surface area contributed by atoms with E-state index in [0.29, 0.717) is 19.1 Å². The Balaban J connectivity index is 1.66. The molecule has 7 heteroatoms. The van der Waals surface area contributed by atoms with Crippen LogP contribution in [0.1, 0.15) is 38.5 Å². The number of guanidine groups is 1. The molecule has 1 unspecified atom stereocenters. The number of hydrogen-bond donors (Lipinski definition) is 2. The Morgan fingerprint density at radius 2 is 2.11 bits per heavy atom. The van der Waals surface area contributed by atoms with E-state index in [1.165, 1.54) is 0 Å². The van der Waals surface area contributed by atoms with E-state index in [1.807, 2.05) is 38.1 Å². The summed E-state index contributed by atoms with van der Waals surface area (Å²) in [5, 5.41) is 7.81. The molecule has 0 bridgehead atoms. The van der Waals surface area contributed by atoms with Gasteiger partial charge in [0.05, 0.1) is 18.2 Å². The number of hydrogen-bond acceptors (Lipinski definition) is 5. The second kappa shape index (κ2) is 9.30. The Morgan fingerprint density at radius 1 is 1.32 bits per heavy atom. The second-order valence-electron chi connectivity index (χ2n) is 7.05. The Kier molecular flexibility index (Phi) is 6.80. The molecule has 2 aromatic rings. The second-order valence-corrected chi connectivity index (χ2v) is 7.05. The number of benzene rings is 1. The van der Waals surface area contributed by atoms with Crippen LogP contribution in [-0.4, -0.2) is 52.1 Å². The lowest BCUT2D eigenvalue weighted by Crippen LogP contribution is -2.51. The number of para-hydroxylation sites is 1. The quantitative estimate of drug-likeness (QED) is 0.559. The summed E-state index contributed by atoms with van der Waals surface area (Å²) in [4.78, 5) is 4.35. The number of nitrogens with one attached hydrogen (secondary N) is 2. The molecule has 0 amide bonds. The van der Waals surface area contributed by atoms with Crippen LogP contribution in [0.5, 0.6) is 5.75 Å². The topological polar surface area (TPSA) is 77.2 Å². The van der Waals surface area contributed by atoms with Crippen LogP contribution in [0.15, 0.2) is 33.7 Å². The van der Waals surface area contributed by atoms with E-state index in [1.54, 1.807) is 14.2 Å². The van der Waals surface area contributed by atoms with E-state index in [0.717, 1.165) is 48.5 Å². The molecule has 2 heterocycles. The highest BCUT2D eigenvalue weighted by Crippen LogP contribution is 2.31. The van der Waals surface area contributed by atoms with Gasteiger partial charge in [-0.25, -0.2) is 0 Å². The minimum Gasteiger partial charge on any atom is -0.490 e. The zero-order valence-corrected chi connectivity index (χ0v) is 17.2. The molecule has 1 saturated heterocycles. The summed E-state index contributed by atoms with van der Waals surface area (Å²) in [6.45, 7) is 6.73. The standard InChI is InChI=1S/C21H31N3O4/c1-5-27-17-8-6-7-16-13-18(28-19(16)17)15(2)24-20(22-3)23-14-21(25-4)9-11-26-12-10-21/h6-8,13,15H,5,9-12,14H2,1-4H3,(H2,22,23,24). The SMILES string of the molecule is CCOc1cccc2cc(C(C)NC(=NC)NCC3(OC)CCOCC3)oc12. The minimum atomic E-state index is -0.217. The minimum absolute atomic E-state index is 0.0544. The van der Waals surface area contributed by atoms with Gasteiger partial charge in [0, 0.05) is 52.1 Å². The smallest absolute Gasteiger partial charge is 0.191 e. The van der Waals surface area contributed by atoms with Gasteiger partial charge in [0.15, 0.2) is 17.3 Å². The lowest BCUT2D eigenvalue weighted by Gasteiger charge is -2.36. The van der Waals surface area contributed by atoms with Gasteiger partial charge in [-0.3, -0.25) is 4.99 Å². The van der Waals surface area contributed by atoms with Gasteiger partial charge in [0.2, 0.25) is 0 Å². The third-order valence-electron chi connectivity index (χ3n) is 5.25. The zero-order valence-electron chi connectivity index (χ0n) is 17.2. The molecule has 28 heavy (non-hydrogen) atoms. The van der Waals surface area contributed by atoms with Crippen molar-refractivity contribution in [3.05, 3.63) is 30.0 Å². The third kappa shape index (κ3) is 4.59. The fraction of sp³-hybridized carbons (Fsp3) is 0.571. The lowest BCUT2D eigenvalue weighted by atomic mass is 9.94. The molecule has 7 nitrogen and oxygen atoms in total. The highest BCUT2D eigenvalue weighted by Gasteiger charge is 2.32. The van der Waals surface area contributed by atoms with Crippen LogP contribution >= 0.6 is 0 Å². The van der Waals surface area contributed by atoms with Crippen molar-refractivity contribution in [2.75, 3.05) is 40.5 Å². The van der Waals surface area contributed by atoms with Gasteiger partial charge in [-0.05, 0) is 26.0 Å². The van der Waals surface area contributed by atoms with Crippen LogP contribution in [0, 0.1) is 0 Å². The van der Waals surface area contributed by atoms with Crippen LogP contribution in [0.4, 0.5) is 0 Å². The summed E-state index contributed by atoms with van der Waals surface area (Å²) >= 11 is 0. The Morgan fingerprint density at radius 3 is 2.79 bits per heavy atom. The van der Waals surface area contributed by atoms with E-state index in [-0.39, 0.29) is 11.6 Å². The van der Waals surface area contributed by atoms with Crippen LogP contribution < -0.4 is 15.4 Å². The van der Waals surface area contributed by atoms with Crippen molar-refractivity contribution in [2.45, 2.75) is 38.3 Å². The molecule has 0 saturated carbocycles. The average molecular weight is 389 g/mol. The Bertz CT molecular complexity index is 796. The van der Waals surface area contributed by atoms with Crippen LogP contribution in [-0.2, 0) is 9.47 Å². The fourth-order valence-corrected chi connectivity index (χ4v) is 3.45. The molecule has 0 aliphatic carbocycles. The monoisotopic (exact) mass is 389 g/mol. The highest BCUT2D eigenvalue weighted by molar-refractivity contribution is 5.84. The number of rotatable bonds is 7. The van der Waals surface area contributed by atoms with Crippen LogP contribution in [0.2, 0.25) is 0 Å². The maximum absolute atomic E-state index is 6.08. The van der Waals surface area contributed by atoms with E-state index in [2.05, 4.69) is 15.6 Å². The first kappa shape index (κ1) is 20.5. The van der Waals surface area contributed by atoms with Crippen LogP contribution in [0.3, 0.4) is 0 Å². The molecule has 3 rings (SSSR count). The summed E-state index contributed by atoms with van der Waals surface area (Å²) in [7, 11) is 3.52. The summed E-state index contributed by atoms with van der Waals surface area (Å²) in [6, 6.07) is 7.91. The number of aliphatic imine (C=N–C) groups is 1. The molecule has 0 spiro atoms. The molecule has 1 aromatic heterocycles. The maximum Gasteiger partial charge on any atom is 0.191 e. The van der Waals surface area contributed by atoms with Crippen molar-refractivity contribution in [2.24, 2.45) is 4.99 Å². The van der Waals surface area contributed by atoms with Crippen molar-refractivity contribution in [3.63, 3.8) is 0 Å². The molecule has 154 valence electrons. The predicted octanol–water partition coefficient (Wildman–Crippen LogP) is 3.25. The van der Waals surface area contributed by atoms with E-state index >= 15 is 0 Å². The zero-order chi connectivity index (χ0) is 20.0. The number of furan rings is 1. The molecule has 1 aromatic carbocycles. The Hall–Kier alpha value is -2.25. The number of methoxy groups -OCH3 is 1. The largest absolute Gasteiger partial charge is 0.490 e. The molecule has 1 aliphatic rings. The van der Waals surface area contributed by atoms with Crippen molar-refractivity contribution in [3.8, 4) is 5.75 Å². The summed E-state index contributed by atoms with van der Waals surface area (Å²) in [5.74, 6) is 2.31. The Labute approximate surface area is 166 Å². The van der Waals surface area contributed by atoms with Gasteiger partial charge in [-0.2, -0.15) is 0 Å². The number of nitrogens with zero attached hydrogens (tertiary/aromatic N) is 1. The van der Waals surface area contributed by atoms with Gasteiger partial charge >= 0.3 is 0 Å². The molecule has 0 radical (unpaired) electrons. The van der Waals surface area contributed by atoms with Gasteiger partial charge in [0.1, 0.15) is 5.76 Å². The lowest BCUT2D eigenvalue weighted by molar-refractivity contribution is -0.0855. The van der Waals surface area contributed by atoms with Crippen LogP contribution in [0.25, 0.3) is 11.0 Å². The van der Waals surface area contributed by atoms with Crippen molar-refractivity contribution in [1.29, 1.82) is 0 Å². The van der Waals surface area contributed by atoms with Gasteiger partial charge in [0.25, 0.3) is 0 Å². The summed E-state index contributed by atoms with van der Waals surface area (Å²) < 4.78 is 23.0.